The van der Waals surface area contributed by atoms with Gasteiger partial charge in [0.2, 0.25) is 5.88 Å². The molecule has 0 fully saturated rings. The van der Waals surface area contributed by atoms with Crippen molar-refractivity contribution >= 4 is 5.88 Å². The molecule has 0 aliphatic heterocycles. The van der Waals surface area contributed by atoms with Crippen LogP contribution in [0.1, 0.15) is 5.56 Å². The maximum absolute atomic E-state index is 12.8. The molecule has 1 aromatic carbocycles. The van der Waals surface area contributed by atoms with E-state index in [2.05, 4.69) is 4.98 Å². The predicted octanol–water partition coefficient (Wildman–Crippen LogP) is 4.32. The van der Waals surface area contributed by atoms with Gasteiger partial charge >= 0.3 is 6.18 Å². The minimum absolute atomic E-state index is 0.0231. The summed E-state index contributed by atoms with van der Waals surface area (Å²) < 4.78 is 43.8. The van der Waals surface area contributed by atoms with E-state index in [0.29, 0.717) is 5.56 Å². The molecule has 2 aromatic heterocycles. The van der Waals surface area contributed by atoms with Crippen LogP contribution in [0.15, 0.2) is 53.2 Å². The molecule has 3 rings (SSSR count). The molecule has 0 amide bonds. The van der Waals surface area contributed by atoms with Crippen molar-refractivity contribution in [2.24, 2.45) is 0 Å². The summed E-state index contributed by atoms with van der Waals surface area (Å²) in [5, 5.41) is 10.3. The molecular formula is C16H11F3N2O2. The van der Waals surface area contributed by atoms with E-state index in [9.17, 15) is 18.3 Å². The van der Waals surface area contributed by atoms with Crippen LogP contribution >= 0.6 is 0 Å². The molecule has 0 radical (unpaired) electrons. The molecule has 0 unspecified atom stereocenters. The molecule has 3 N–H and O–H groups in total. The van der Waals surface area contributed by atoms with E-state index >= 15 is 0 Å². The summed E-state index contributed by atoms with van der Waals surface area (Å²) in [6.45, 7) is 0. The summed E-state index contributed by atoms with van der Waals surface area (Å²) in [5.41, 5.74) is 5.52. The van der Waals surface area contributed by atoms with E-state index in [1.807, 2.05) is 0 Å². The number of alkyl halides is 3. The van der Waals surface area contributed by atoms with Gasteiger partial charge < -0.3 is 15.3 Å². The van der Waals surface area contributed by atoms with Crippen molar-refractivity contribution in [3.8, 4) is 28.2 Å². The second kappa shape index (κ2) is 5.35. The number of rotatable bonds is 2. The summed E-state index contributed by atoms with van der Waals surface area (Å²) in [6.07, 6.45) is -1.50. The largest absolute Gasteiger partial charge is 0.504 e. The van der Waals surface area contributed by atoms with Gasteiger partial charge in [0.1, 0.15) is 0 Å². The quantitative estimate of drug-likeness (QED) is 0.738. The average Bonchev–Trinajstić information content (AvgIpc) is 2.82. The van der Waals surface area contributed by atoms with E-state index in [4.69, 9.17) is 10.2 Å². The molecule has 0 bridgehead atoms. The van der Waals surface area contributed by atoms with Crippen LogP contribution in [-0.4, -0.2) is 10.1 Å². The second-order valence-corrected chi connectivity index (χ2v) is 4.84. The van der Waals surface area contributed by atoms with Crippen LogP contribution in [0.5, 0.6) is 5.75 Å². The SMILES string of the molecule is Nc1oc(-c2cccnc2)c(O)c1-c1cccc(C(F)(F)F)c1. The highest BCUT2D eigenvalue weighted by atomic mass is 19.4. The van der Waals surface area contributed by atoms with Gasteiger partial charge in [0.15, 0.2) is 11.5 Å². The average molecular weight is 320 g/mol. The Hall–Kier alpha value is -2.96. The van der Waals surface area contributed by atoms with Gasteiger partial charge in [0, 0.05) is 18.0 Å². The van der Waals surface area contributed by atoms with E-state index in [-0.39, 0.29) is 28.5 Å². The summed E-state index contributed by atoms with van der Waals surface area (Å²) in [6, 6.07) is 7.79. The van der Waals surface area contributed by atoms with Crippen LogP contribution < -0.4 is 5.73 Å². The Labute approximate surface area is 129 Å². The zero-order valence-electron chi connectivity index (χ0n) is 11.6. The lowest BCUT2D eigenvalue weighted by atomic mass is 10.0. The Kier molecular flexibility index (Phi) is 3.48. The van der Waals surface area contributed by atoms with E-state index in [1.54, 1.807) is 18.3 Å². The standard InChI is InChI=1S/C16H11F3N2O2/c17-16(18,19)11-5-1-3-9(7-11)12-13(22)14(23-15(12)20)10-4-2-6-21-8-10/h1-8,22H,20H2. The van der Waals surface area contributed by atoms with E-state index in [0.717, 1.165) is 12.1 Å². The Morgan fingerprint density at radius 3 is 2.48 bits per heavy atom. The number of hydrogen-bond donors (Lipinski definition) is 2. The molecule has 23 heavy (non-hydrogen) atoms. The molecule has 0 aliphatic carbocycles. The van der Waals surface area contributed by atoms with Gasteiger partial charge in [0.25, 0.3) is 0 Å². The molecule has 118 valence electrons. The number of anilines is 1. The highest BCUT2D eigenvalue weighted by molar-refractivity contribution is 5.86. The normalized spacial score (nSPS) is 11.6. The van der Waals surface area contributed by atoms with Crippen molar-refractivity contribution in [1.82, 2.24) is 4.98 Å². The lowest BCUT2D eigenvalue weighted by Gasteiger charge is -2.08. The first-order valence-electron chi connectivity index (χ1n) is 6.57. The third-order valence-electron chi connectivity index (χ3n) is 3.31. The fourth-order valence-electron chi connectivity index (χ4n) is 2.26. The second-order valence-electron chi connectivity index (χ2n) is 4.84. The molecular weight excluding hydrogens is 309 g/mol. The highest BCUT2D eigenvalue weighted by Crippen LogP contribution is 2.45. The van der Waals surface area contributed by atoms with Crippen molar-refractivity contribution in [3.63, 3.8) is 0 Å². The number of halogens is 3. The van der Waals surface area contributed by atoms with Gasteiger partial charge in [-0.05, 0) is 29.8 Å². The fourth-order valence-corrected chi connectivity index (χ4v) is 2.26. The first-order valence-corrected chi connectivity index (χ1v) is 6.57. The van der Waals surface area contributed by atoms with Crippen molar-refractivity contribution < 1.29 is 22.7 Å². The lowest BCUT2D eigenvalue weighted by molar-refractivity contribution is -0.137. The Morgan fingerprint density at radius 2 is 1.83 bits per heavy atom. The van der Waals surface area contributed by atoms with Crippen molar-refractivity contribution in [3.05, 3.63) is 54.4 Å². The topological polar surface area (TPSA) is 72.3 Å². The maximum atomic E-state index is 12.8. The number of nitrogens with two attached hydrogens (primary N) is 1. The van der Waals surface area contributed by atoms with Crippen LogP contribution in [0.25, 0.3) is 22.5 Å². The monoisotopic (exact) mass is 320 g/mol. The van der Waals surface area contributed by atoms with Crippen LogP contribution in [0.3, 0.4) is 0 Å². The number of aromatic hydroxyl groups is 1. The molecule has 0 aliphatic rings. The minimum Gasteiger partial charge on any atom is -0.504 e. The minimum atomic E-state index is -4.49. The zero-order valence-corrected chi connectivity index (χ0v) is 11.6. The number of furan rings is 1. The third-order valence-corrected chi connectivity index (χ3v) is 3.31. The van der Waals surface area contributed by atoms with Crippen LogP contribution in [0.2, 0.25) is 0 Å². The summed E-state index contributed by atoms with van der Waals surface area (Å²) in [4.78, 5) is 3.90. The molecule has 0 atom stereocenters. The molecule has 0 saturated carbocycles. The van der Waals surface area contributed by atoms with E-state index in [1.165, 1.54) is 18.3 Å². The van der Waals surface area contributed by atoms with Crippen molar-refractivity contribution in [2.75, 3.05) is 5.73 Å². The van der Waals surface area contributed by atoms with Gasteiger partial charge in [0.05, 0.1) is 11.1 Å². The number of aromatic nitrogens is 1. The Bertz CT molecular complexity index is 842. The Balaban J connectivity index is 2.14. The first kappa shape index (κ1) is 15.0. The van der Waals surface area contributed by atoms with Crippen LogP contribution in [0.4, 0.5) is 19.1 Å². The van der Waals surface area contributed by atoms with Gasteiger partial charge in [-0.15, -0.1) is 0 Å². The maximum Gasteiger partial charge on any atom is 0.416 e. The van der Waals surface area contributed by atoms with Gasteiger partial charge in [-0.3, -0.25) is 4.98 Å². The number of hydrogen-bond acceptors (Lipinski definition) is 4. The number of pyridine rings is 1. The highest BCUT2D eigenvalue weighted by Gasteiger charge is 2.31. The van der Waals surface area contributed by atoms with Gasteiger partial charge in [-0.25, -0.2) is 0 Å². The molecule has 3 aromatic rings. The molecule has 4 nitrogen and oxygen atoms in total. The Morgan fingerprint density at radius 1 is 1.09 bits per heavy atom. The summed E-state index contributed by atoms with van der Waals surface area (Å²) in [7, 11) is 0. The number of nitrogen functional groups attached to an aromatic ring is 1. The third kappa shape index (κ3) is 2.73. The molecule has 2 heterocycles. The molecule has 7 heteroatoms. The summed E-state index contributed by atoms with van der Waals surface area (Å²) >= 11 is 0. The van der Waals surface area contributed by atoms with E-state index < -0.39 is 11.7 Å². The first-order chi connectivity index (χ1) is 10.9. The smallest absolute Gasteiger partial charge is 0.416 e. The van der Waals surface area contributed by atoms with Crippen molar-refractivity contribution in [1.29, 1.82) is 0 Å². The molecule has 0 spiro atoms. The van der Waals surface area contributed by atoms with Crippen molar-refractivity contribution in [2.45, 2.75) is 6.18 Å². The van der Waals surface area contributed by atoms with Crippen LogP contribution in [0, 0.1) is 0 Å². The van der Waals surface area contributed by atoms with Gasteiger partial charge in [-0.2, -0.15) is 13.2 Å². The van der Waals surface area contributed by atoms with Gasteiger partial charge in [-0.1, -0.05) is 12.1 Å². The number of benzene rings is 1. The zero-order chi connectivity index (χ0) is 16.6. The lowest BCUT2D eigenvalue weighted by Crippen LogP contribution is -2.04. The number of nitrogens with zero attached hydrogens (tertiary/aromatic N) is 1. The van der Waals surface area contributed by atoms with Crippen LogP contribution in [-0.2, 0) is 6.18 Å². The summed E-state index contributed by atoms with van der Waals surface area (Å²) in [5.74, 6) is -0.432. The molecule has 0 saturated heterocycles. The fraction of sp³-hybridized carbons (Fsp3) is 0.0625. The predicted molar refractivity (Wildman–Crippen MR) is 78.5 cm³/mol.